The highest BCUT2D eigenvalue weighted by molar-refractivity contribution is 7.85. The molecular formula is C7H4F4O3S. The van der Waals surface area contributed by atoms with Crippen molar-refractivity contribution >= 4 is 10.1 Å². The van der Waals surface area contributed by atoms with E-state index >= 15 is 0 Å². The minimum absolute atomic E-state index is 0.367. The van der Waals surface area contributed by atoms with Gasteiger partial charge in [0.1, 0.15) is 10.7 Å². The van der Waals surface area contributed by atoms with Crippen LogP contribution >= 0.6 is 0 Å². The average molecular weight is 244 g/mol. The number of benzene rings is 1. The highest BCUT2D eigenvalue weighted by atomic mass is 32.2. The average Bonchev–Trinajstić information content (AvgIpc) is 1.99. The zero-order valence-corrected chi connectivity index (χ0v) is 7.73. The number of alkyl halides is 3. The Hall–Kier alpha value is -1.15. The largest absolute Gasteiger partial charge is 0.417 e. The zero-order valence-electron chi connectivity index (χ0n) is 6.92. The molecular weight excluding hydrogens is 240 g/mol. The second-order valence-corrected chi connectivity index (χ2v) is 3.95. The third kappa shape index (κ3) is 2.45. The lowest BCUT2D eigenvalue weighted by Gasteiger charge is -2.10. The lowest BCUT2D eigenvalue weighted by molar-refractivity contribution is -0.140. The summed E-state index contributed by atoms with van der Waals surface area (Å²) in [6.45, 7) is 0. The Kier molecular flexibility index (Phi) is 2.75. The molecule has 0 bridgehead atoms. The summed E-state index contributed by atoms with van der Waals surface area (Å²) in [7, 11) is -5.24. The molecule has 0 atom stereocenters. The Morgan fingerprint density at radius 3 is 2.07 bits per heavy atom. The predicted molar refractivity (Wildman–Crippen MR) is 41.2 cm³/mol. The van der Waals surface area contributed by atoms with Gasteiger partial charge in [0.05, 0.1) is 5.56 Å². The second kappa shape index (κ2) is 3.46. The standard InChI is InChI=1S/C7H4F4O3S/c8-5-3-1-2-4(7(9,10)11)6(5)15(12,13)14/h1-3H,(H,12,13,14). The van der Waals surface area contributed by atoms with E-state index < -0.39 is 32.6 Å². The van der Waals surface area contributed by atoms with E-state index in [1.165, 1.54) is 0 Å². The monoisotopic (exact) mass is 244 g/mol. The van der Waals surface area contributed by atoms with Crippen molar-refractivity contribution in [1.29, 1.82) is 0 Å². The van der Waals surface area contributed by atoms with Crippen molar-refractivity contribution < 1.29 is 30.5 Å². The molecule has 0 saturated carbocycles. The van der Waals surface area contributed by atoms with Gasteiger partial charge >= 0.3 is 6.18 Å². The van der Waals surface area contributed by atoms with E-state index in [0.29, 0.717) is 18.2 Å². The molecule has 0 heterocycles. The Labute approximate surface area is 82.1 Å². The van der Waals surface area contributed by atoms with Crippen LogP contribution in [0.1, 0.15) is 5.56 Å². The summed E-state index contributed by atoms with van der Waals surface area (Å²) in [6, 6.07) is 1.58. The molecule has 3 nitrogen and oxygen atoms in total. The summed E-state index contributed by atoms with van der Waals surface area (Å²) >= 11 is 0. The fourth-order valence-electron chi connectivity index (χ4n) is 0.994. The smallest absolute Gasteiger partial charge is 0.282 e. The number of halogens is 4. The topological polar surface area (TPSA) is 54.4 Å². The molecule has 1 aromatic rings. The molecule has 1 N–H and O–H groups in total. The van der Waals surface area contributed by atoms with Crippen LogP contribution in [0.5, 0.6) is 0 Å². The van der Waals surface area contributed by atoms with Crippen LogP contribution in [0.15, 0.2) is 23.1 Å². The predicted octanol–water partition coefficient (Wildman–Crippen LogP) is 2.09. The van der Waals surface area contributed by atoms with Gasteiger partial charge in [-0.15, -0.1) is 0 Å². The van der Waals surface area contributed by atoms with E-state index in [4.69, 9.17) is 4.55 Å². The summed E-state index contributed by atoms with van der Waals surface area (Å²) in [4.78, 5) is -1.75. The normalized spacial score (nSPS) is 12.9. The summed E-state index contributed by atoms with van der Waals surface area (Å²) in [6.07, 6.45) is -5.05. The van der Waals surface area contributed by atoms with Crippen LogP contribution < -0.4 is 0 Å². The molecule has 0 aromatic heterocycles. The van der Waals surface area contributed by atoms with Gasteiger partial charge in [-0.25, -0.2) is 4.39 Å². The van der Waals surface area contributed by atoms with Crippen LogP contribution in [-0.4, -0.2) is 13.0 Å². The molecule has 0 aliphatic carbocycles. The van der Waals surface area contributed by atoms with Gasteiger partial charge in [-0.1, -0.05) is 6.07 Å². The lowest BCUT2D eigenvalue weighted by atomic mass is 10.2. The number of hydrogen-bond donors (Lipinski definition) is 1. The molecule has 0 amide bonds. The maximum Gasteiger partial charge on any atom is 0.417 e. The molecule has 1 aromatic carbocycles. The molecule has 1 rings (SSSR count). The second-order valence-electron chi connectivity index (χ2n) is 2.59. The van der Waals surface area contributed by atoms with Gasteiger partial charge in [-0.3, -0.25) is 4.55 Å². The SMILES string of the molecule is O=S(=O)(O)c1c(F)cccc1C(F)(F)F. The molecule has 0 spiro atoms. The molecule has 0 fully saturated rings. The first kappa shape index (κ1) is 11.9. The highest BCUT2D eigenvalue weighted by Gasteiger charge is 2.38. The fraction of sp³-hybridized carbons (Fsp3) is 0.143. The summed E-state index contributed by atoms with van der Waals surface area (Å²) in [5.41, 5.74) is -1.73. The highest BCUT2D eigenvalue weighted by Crippen LogP contribution is 2.35. The minimum atomic E-state index is -5.24. The summed E-state index contributed by atoms with van der Waals surface area (Å²) < 4.78 is 79.0. The first-order chi connectivity index (χ1) is 6.64. The van der Waals surface area contributed by atoms with E-state index in [9.17, 15) is 26.0 Å². The maximum absolute atomic E-state index is 12.8. The van der Waals surface area contributed by atoms with E-state index in [2.05, 4.69) is 0 Å². The summed E-state index contributed by atoms with van der Waals surface area (Å²) in [5, 5.41) is 0. The number of rotatable bonds is 1. The molecule has 0 saturated heterocycles. The van der Waals surface area contributed by atoms with Crippen LogP contribution in [0.3, 0.4) is 0 Å². The molecule has 8 heteroatoms. The molecule has 0 radical (unpaired) electrons. The Balaban J connectivity index is 3.63. The first-order valence-corrected chi connectivity index (χ1v) is 4.91. The van der Waals surface area contributed by atoms with Crippen LogP contribution in [0.25, 0.3) is 0 Å². The van der Waals surface area contributed by atoms with Crippen molar-refractivity contribution in [2.75, 3.05) is 0 Å². The van der Waals surface area contributed by atoms with Crippen LogP contribution in [0, 0.1) is 5.82 Å². The Morgan fingerprint density at radius 1 is 1.20 bits per heavy atom. The Bertz CT molecular complexity index is 477. The number of hydrogen-bond acceptors (Lipinski definition) is 2. The van der Waals surface area contributed by atoms with Crippen molar-refractivity contribution in [3.05, 3.63) is 29.6 Å². The van der Waals surface area contributed by atoms with Crippen LogP contribution in [-0.2, 0) is 16.3 Å². The third-order valence-corrected chi connectivity index (χ3v) is 2.46. The Morgan fingerprint density at radius 2 is 1.73 bits per heavy atom. The van der Waals surface area contributed by atoms with E-state index in [1.807, 2.05) is 0 Å². The van der Waals surface area contributed by atoms with Gasteiger partial charge < -0.3 is 0 Å². The molecule has 0 aliphatic rings. The van der Waals surface area contributed by atoms with Crippen molar-refractivity contribution in [2.24, 2.45) is 0 Å². The maximum atomic E-state index is 12.8. The van der Waals surface area contributed by atoms with Gasteiger partial charge in [-0.05, 0) is 12.1 Å². The zero-order chi connectivity index (χ0) is 11.9. The van der Waals surface area contributed by atoms with E-state index in [-0.39, 0.29) is 0 Å². The van der Waals surface area contributed by atoms with Crippen molar-refractivity contribution in [3.63, 3.8) is 0 Å². The van der Waals surface area contributed by atoms with Crippen molar-refractivity contribution in [1.82, 2.24) is 0 Å². The molecule has 84 valence electrons. The van der Waals surface area contributed by atoms with Crippen molar-refractivity contribution in [2.45, 2.75) is 11.1 Å². The molecule has 0 aliphatic heterocycles. The van der Waals surface area contributed by atoms with E-state index in [0.717, 1.165) is 0 Å². The molecule has 15 heavy (non-hydrogen) atoms. The van der Waals surface area contributed by atoms with E-state index in [1.54, 1.807) is 0 Å². The minimum Gasteiger partial charge on any atom is -0.282 e. The van der Waals surface area contributed by atoms with Crippen LogP contribution in [0.4, 0.5) is 17.6 Å². The first-order valence-electron chi connectivity index (χ1n) is 3.47. The fourth-order valence-corrected chi connectivity index (χ4v) is 1.77. The molecule has 0 unspecified atom stereocenters. The van der Waals surface area contributed by atoms with Gasteiger partial charge in [0.25, 0.3) is 10.1 Å². The lowest BCUT2D eigenvalue weighted by Crippen LogP contribution is -2.14. The third-order valence-electron chi connectivity index (χ3n) is 1.53. The van der Waals surface area contributed by atoms with Gasteiger partial charge in [0.15, 0.2) is 0 Å². The summed E-state index contributed by atoms with van der Waals surface area (Å²) in [5.74, 6) is -1.65. The van der Waals surface area contributed by atoms with Gasteiger partial charge in [-0.2, -0.15) is 21.6 Å². The van der Waals surface area contributed by atoms with Gasteiger partial charge in [0, 0.05) is 0 Å². The van der Waals surface area contributed by atoms with Gasteiger partial charge in [0.2, 0.25) is 0 Å². The quantitative estimate of drug-likeness (QED) is 0.608. The van der Waals surface area contributed by atoms with Crippen molar-refractivity contribution in [3.8, 4) is 0 Å². The van der Waals surface area contributed by atoms with Crippen LogP contribution in [0.2, 0.25) is 0 Å².